The van der Waals surface area contributed by atoms with Crippen molar-refractivity contribution in [3.8, 4) is 0 Å². The average molecular weight is 363 g/mol. The van der Waals surface area contributed by atoms with Crippen LogP contribution in [0.15, 0.2) is 0 Å². The van der Waals surface area contributed by atoms with Crippen LogP contribution in [0.5, 0.6) is 0 Å². The summed E-state index contributed by atoms with van der Waals surface area (Å²) in [6.45, 7) is 12.3. The summed E-state index contributed by atoms with van der Waals surface area (Å²) in [4.78, 5) is 4.98. The summed E-state index contributed by atoms with van der Waals surface area (Å²) in [6, 6.07) is 0. The van der Waals surface area contributed by atoms with Gasteiger partial charge in [-0.15, -0.1) is 0 Å². The third-order valence-electron chi connectivity index (χ3n) is 5.36. The van der Waals surface area contributed by atoms with Crippen LogP contribution < -0.4 is 0 Å². The fourth-order valence-corrected chi connectivity index (χ4v) is 3.92. The van der Waals surface area contributed by atoms with E-state index in [2.05, 4.69) is 23.6 Å². The molecule has 23 heavy (non-hydrogen) atoms. The van der Waals surface area contributed by atoms with Gasteiger partial charge in [-0.2, -0.15) is 0 Å². The van der Waals surface area contributed by atoms with Crippen LogP contribution >= 0.6 is 0 Å². The molecule has 0 unspecified atom stereocenters. The minimum Gasteiger partial charge on any atom is -0.395 e. The molecular weight excluding hydrogens is 327 g/mol. The van der Waals surface area contributed by atoms with Gasteiger partial charge in [0, 0.05) is 31.6 Å². The van der Waals surface area contributed by atoms with E-state index in [9.17, 15) is 0 Å². The zero-order chi connectivity index (χ0) is 15.8. The van der Waals surface area contributed by atoms with Gasteiger partial charge in [0.15, 0.2) is 0 Å². The molecule has 4 nitrogen and oxygen atoms in total. The first-order valence-corrected chi connectivity index (χ1v) is 9.34. The Balaban J connectivity index is 0.00000264. The number of hydrogen-bond acceptors (Lipinski definition) is 4. The van der Waals surface area contributed by atoms with Gasteiger partial charge in [-0.25, -0.2) is 0 Å². The second kappa shape index (κ2) is 11.9. The maximum atomic E-state index is 9.01. The van der Waals surface area contributed by atoms with Crippen LogP contribution in [-0.4, -0.2) is 73.5 Å². The zero-order valence-electron chi connectivity index (χ0n) is 15.1. The molecule has 2 fully saturated rings. The van der Waals surface area contributed by atoms with Crippen molar-refractivity contribution in [3.63, 3.8) is 0 Å². The van der Waals surface area contributed by atoms with Crippen molar-refractivity contribution in [2.75, 3.05) is 52.5 Å². The molecule has 0 spiro atoms. The smallest absolute Gasteiger partial charge is 0.0596 e. The normalized spacial score (nSPS) is 22.4. The molecule has 0 aromatic rings. The minimum atomic E-state index is 0. The van der Waals surface area contributed by atoms with Crippen LogP contribution in [0.4, 0.5) is 0 Å². The number of ether oxygens (including phenoxy) is 1. The average Bonchev–Trinajstić information content (AvgIpc) is 2.51. The molecule has 0 aliphatic carbocycles. The summed E-state index contributed by atoms with van der Waals surface area (Å²) in [6.07, 6.45) is 7.21. The van der Waals surface area contributed by atoms with E-state index in [0.29, 0.717) is 12.7 Å². The number of aliphatic hydroxyl groups is 1. The van der Waals surface area contributed by atoms with Crippen molar-refractivity contribution in [2.45, 2.75) is 52.1 Å². The fourth-order valence-electron chi connectivity index (χ4n) is 3.92. The molecule has 2 aliphatic heterocycles. The van der Waals surface area contributed by atoms with Crippen LogP contribution in [0, 0.1) is 11.8 Å². The maximum Gasteiger partial charge on any atom is 0.0596 e. The third kappa shape index (κ3) is 8.37. The molecule has 2 rings (SSSR count). The maximum absolute atomic E-state index is 9.01. The van der Waals surface area contributed by atoms with Crippen molar-refractivity contribution in [2.24, 2.45) is 11.8 Å². The summed E-state index contributed by atoms with van der Waals surface area (Å²) in [5.74, 6) is 1.87. The molecule has 2 aliphatic rings. The topological polar surface area (TPSA) is 35.9 Å². The van der Waals surface area contributed by atoms with E-state index in [1.807, 2.05) is 0 Å². The molecular formula is C18H36N2O2V. The largest absolute Gasteiger partial charge is 0.395 e. The molecule has 135 valence electrons. The molecule has 2 saturated heterocycles. The number of β-amino-alcohol motifs (C(OH)–C–C–N with tert-alkyl or cyclic N) is 1. The Labute approximate surface area is 154 Å². The quantitative estimate of drug-likeness (QED) is 0.717. The number of piperidine rings is 2. The summed E-state index contributed by atoms with van der Waals surface area (Å²) >= 11 is 0. The summed E-state index contributed by atoms with van der Waals surface area (Å²) < 4.78 is 5.66. The van der Waals surface area contributed by atoms with Gasteiger partial charge < -0.3 is 19.6 Å². The zero-order valence-corrected chi connectivity index (χ0v) is 16.5. The van der Waals surface area contributed by atoms with E-state index < -0.39 is 0 Å². The Kier molecular flexibility index (Phi) is 11.1. The number of nitrogens with zero attached hydrogens (tertiary/aromatic N) is 2. The third-order valence-corrected chi connectivity index (χ3v) is 5.36. The first kappa shape index (κ1) is 21.5. The predicted molar refractivity (Wildman–Crippen MR) is 91.1 cm³/mol. The van der Waals surface area contributed by atoms with Crippen LogP contribution in [0.2, 0.25) is 0 Å². The van der Waals surface area contributed by atoms with Crippen molar-refractivity contribution in [3.05, 3.63) is 0 Å². The van der Waals surface area contributed by atoms with Gasteiger partial charge >= 0.3 is 0 Å². The van der Waals surface area contributed by atoms with Gasteiger partial charge in [0.25, 0.3) is 0 Å². The van der Waals surface area contributed by atoms with Gasteiger partial charge in [0.2, 0.25) is 0 Å². The van der Waals surface area contributed by atoms with E-state index in [4.69, 9.17) is 9.84 Å². The van der Waals surface area contributed by atoms with Crippen LogP contribution in [0.1, 0.15) is 46.0 Å². The molecule has 0 atom stereocenters. The van der Waals surface area contributed by atoms with E-state index in [0.717, 1.165) is 31.5 Å². The van der Waals surface area contributed by atoms with E-state index in [1.54, 1.807) is 0 Å². The second-order valence-electron chi connectivity index (χ2n) is 7.45. The van der Waals surface area contributed by atoms with E-state index >= 15 is 0 Å². The van der Waals surface area contributed by atoms with Crippen molar-refractivity contribution in [1.82, 2.24) is 9.80 Å². The minimum absolute atomic E-state index is 0. The van der Waals surface area contributed by atoms with Gasteiger partial charge in [-0.05, 0) is 84.0 Å². The van der Waals surface area contributed by atoms with E-state index in [-0.39, 0.29) is 18.6 Å². The summed E-state index contributed by atoms with van der Waals surface area (Å²) in [5.41, 5.74) is 0. The fraction of sp³-hybridized carbons (Fsp3) is 1.00. The van der Waals surface area contributed by atoms with Crippen LogP contribution in [0.25, 0.3) is 0 Å². The molecule has 0 aromatic heterocycles. The van der Waals surface area contributed by atoms with Crippen molar-refractivity contribution >= 4 is 0 Å². The molecule has 0 amide bonds. The van der Waals surface area contributed by atoms with Crippen LogP contribution in [0.3, 0.4) is 0 Å². The standard InChI is InChI=1S/C18H36N2O2.V/c1-16(2)22-14-12-20-9-5-18(6-10-20)15-17-3-7-19(8-4-17)11-13-21;/h16-18,21H,3-15H2,1-2H3;. The SMILES string of the molecule is CC(C)OCCN1CCC(CC2CCN(CCO)CC2)CC1.[V]. The Hall–Kier alpha value is 0.424. The Morgan fingerprint density at radius 3 is 1.83 bits per heavy atom. The number of likely N-dealkylation sites (tertiary alicyclic amines) is 2. The van der Waals surface area contributed by atoms with Crippen molar-refractivity contribution in [1.29, 1.82) is 0 Å². The molecule has 2 heterocycles. The number of hydrogen-bond donors (Lipinski definition) is 1. The van der Waals surface area contributed by atoms with Gasteiger partial charge in [0.05, 0.1) is 19.3 Å². The Bertz CT molecular complexity index is 289. The molecule has 0 saturated carbocycles. The Morgan fingerprint density at radius 2 is 1.39 bits per heavy atom. The Morgan fingerprint density at radius 1 is 0.913 bits per heavy atom. The molecule has 0 aromatic carbocycles. The number of rotatable bonds is 8. The molecule has 5 heteroatoms. The van der Waals surface area contributed by atoms with E-state index in [1.165, 1.54) is 58.3 Å². The van der Waals surface area contributed by atoms with Crippen LogP contribution in [-0.2, 0) is 23.3 Å². The van der Waals surface area contributed by atoms with Gasteiger partial charge in [0.1, 0.15) is 0 Å². The molecule has 0 bridgehead atoms. The van der Waals surface area contributed by atoms with Crippen molar-refractivity contribution < 1.29 is 28.4 Å². The summed E-state index contributed by atoms with van der Waals surface area (Å²) in [5, 5.41) is 9.01. The molecule has 1 N–H and O–H groups in total. The molecule has 1 radical (unpaired) electrons. The monoisotopic (exact) mass is 363 g/mol. The van der Waals surface area contributed by atoms with Gasteiger partial charge in [-0.3, -0.25) is 0 Å². The first-order valence-electron chi connectivity index (χ1n) is 9.34. The number of aliphatic hydroxyl groups excluding tert-OH is 1. The second-order valence-corrected chi connectivity index (χ2v) is 7.45. The van der Waals surface area contributed by atoms with Gasteiger partial charge in [-0.1, -0.05) is 0 Å². The predicted octanol–water partition coefficient (Wildman–Crippen LogP) is 2.22. The first-order chi connectivity index (χ1) is 10.7. The summed E-state index contributed by atoms with van der Waals surface area (Å²) in [7, 11) is 0.